The monoisotopic (exact) mass is 356 g/mol. The van der Waals surface area contributed by atoms with Gasteiger partial charge in [-0.05, 0) is 19.9 Å². The molecule has 1 aromatic heterocycles. The highest BCUT2D eigenvalue weighted by Crippen LogP contribution is 2.17. The largest absolute Gasteiger partial charge is 0.353 e. The van der Waals surface area contributed by atoms with E-state index in [0.29, 0.717) is 43.8 Å². The Morgan fingerprint density at radius 1 is 1.15 bits per heavy atom. The van der Waals surface area contributed by atoms with Crippen LogP contribution >= 0.6 is 0 Å². The minimum absolute atomic E-state index is 0.000337. The molecule has 2 amide bonds. The molecule has 0 spiro atoms. The van der Waals surface area contributed by atoms with Gasteiger partial charge in [0.25, 0.3) is 5.91 Å². The maximum absolute atomic E-state index is 12.9. The number of aromatic nitrogens is 1. The second-order valence-electron chi connectivity index (χ2n) is 6.88. The minimum atomic E-state index is -0.281. The van der Waals surface area contributed by atoms with Crippen molar-refractivity contribution < 1.29 is 9.59 Å². The SMILES string of the molecule is CC(C)NC(=O)CN1CCN(C(=O)c2cc(=O)[nH]c3ccccc23)CC1. The van der Waals surface area contributed by atoms with E-state index >= 15 is 0 Å². The first-order chi connectivity index (χ1) is 12.4. The Bertz CT molecular complexity index is 866. The molecule has 0 atom stereocenters. The highest BCUT2D eigenvalue weighted by atomic mass is 16.2. The summed E-state index contributed by atoms with van der Waals surface area (Å²) in [7, 11) is 0. The van der Waals surface area contributed by atoms with Crippen molar-refractivity contribution >= 4 is 22.7 Å². The summed E-state index contributed by atoms with van der Waals surface area (Å²) in [4.78, 5) is 43.2. The summed E-state index contributed by atoms with van der Waals surface area (Å²) < 4.78 is 0. The zero-order valence-corrected chi connectivity index (χ0v) is 15.1. The molecule has 7 heteroatoms. The van der Waals surface area contributed by atoms with Gasteiger partial charge in [0.05, 0.1) is 12.1 Å². The Hall–Kier alpha value is -2.67. The quantitative estimate of drug-likeness (QED) is 0.849. The Morgan fingerprint density at radius 3 is 2.54 bits per heavy atom. The fourth-order valence-corrected chi connectivity index (χ4v) is 3.23. The predicted molar refractivity (Wildman–Crippen MR) is 100 cm³/mol. The van der Waals surface area contributed by atoms with E-state index in [1.54, 1.807) is 11.0 Å². The molecule has 26 heavy (non-hydrogen) atoms. The van der Waals surface area contributed by atoms with Crippen LogP contribution in [0.2, 0.25) is 0 Å². The summed E-state index contributed by atoms with van der Waals surface area (Å²) in [5.74, 6) is -0.140. The zero-order valence-electron chi connectivity index (χ0n) is 15.1. The van der Waals surface area contributed by atoms with Crippen molar-refractivity contribution in [2.24, 2.45) is 0 Å². The van der Waals surface area contributed by atoms with E-state index in [9.17, 15) is 14.4 Å². The smallest absolute Gasteiger partial charge is 0.254 e. The Morgan fingerprint density at radius 2 is 1.85 bits per heavy atom. The number of fused-ring (bicyclic) bond motifs is 1. The number of carbonyl (C=O) groups is 2. The fraction of sp³-hybridized carbons (Fsp3) is 0.421. The molecule has 0 bridgehead atoms. The molecule has 1 aliphatic rings. The summed E-state index contributed by atoms with van der Waals surface area (Å²) in [6.45, 7) is 6.55. The lowest BCUT2D eigenvalue weighted by Crippen LogP contribution is -2.51. The summed E-state index contributed by atoms with van der Waals surface area (Å²) in [5, 5.41) is 3.62. The van der Waals surface area contributed by atoms with Crippen molar-refractivity contribution in [2.75, 3.05) is 32.7 Å². The molecule has 7 nitrogen and oxygen atoms in total. The number of carbonyl (C=O) groups excluding carboxylic acids is 2. The lowest BCUT2D eigenvalue weighted by molar-refractivity contribution is -0.123. The molecule has 1 saturated heterocycles. The Labute approximate surface area is 152 Å². The van der Waals surface area contributed by atoms with Gasteiger partial charge in [-0.25, -0.2) is 0 Å². The van der Waals surface area contributed by atoms with Crippen LogP contribution in [0, 0.1) is 0 Å². The number of aromatic amines is 1. The van der Waals surface area contributed by atoms with Crippen LogP contribution in [0.1, 0.15) is 24.2 Å². The molecular weight excluding hydrogens is 332 g/mol. The standard InChI is InChI=1S/C19H24N4O3/c1-13(2)20-18(25)12-22-7-9-23(10-8-22)19(26)15-11-17(24)21-16-6-4-3-5-14(15)16/h3-6,11,13H,7-10,12H2,1-2H3,(H,20,25)(H,21,24). The van der Waals surface area contributed by atoms with Gasteiger partial charge in [-0.15, -0.1) is 0 Å². The number of piperazine rings is 1. The molecule has 1 fully saturated rings. The van der Waals surface area contributed by atoms with Crippen LogP contribution in [0.4, 0.5) is 0 Å². The molecule has 0 radical (unpaired) electrons. The van der Waals surface area contributed by atoms with Gasteiger partial charge >= 0.3 is 0 Å². The normalized spacial score (nSPS) is 15.4. The van der Waals surface area contributed by atoms with Crippen LogP contribution < -0.4 is 10.9 Å². The summed E-state index contributed by atoms with van der Waals surface area (Å²) >= 11 is 0. The third kappa shape index (κ3) is 4.11. The predicted octanol–water partition coefficient (Wildman–Crippen LogP) is 0.811. The first kappa shape index (κ1) is 18.1. The minimum Gasteiger partial charge on any atom is -0.353 e. The molecule has 2 aromatic rings. The molecule has 1 aromatic carbocycles. The van der Waals surface area contributed by atoms with E-state index < -0.39 is 0 Å². The second kappa shape index (κ2) is 7.70. The van der Waals surface area contributed by atoms with Crippen molar-refractivity contribution in [1.29, 1.82) is 0 Å². The van der Waals surface area contributed by atoms with Crippen LogP contribution in [-0.2, 0) is 4.79 Å². The van der Waals surface area contributed by atoms with E-state index in [2.05, 4.69) is 10.3 Å². The number of nitrogens with zero attached hydrogens (tertiary/aromatic N) is 2. The lowest BCUT2D eigenvalue weighted by Gasteiger charge is -2.34. The van der Waals surface area contributed by atoms with Gasteiger partial charge in [0.1, 0.15) is 0 Å². The highest BCUT2D eigenvalue weighted by Gasteiger charge is 2.24. The topological polar surface area (TPSA) is 85.5 Å². The molecule has 2 N–H and O–H groups in total. The molecule has 2 heterocycles. The van der Waals surface area contributed by atoms with E-state index in [-0.39, 0.29) is 23.4 Å². The van der Waals surface area contributed by atoms with Gasteiger partial charge < -0.3 is 15.2 Å². The molecular formula is C19H24N4O3. The summed E-state index contributed by atoms with van der Waals surface area (Å²) in [6.07, 6.45) is 0. The van der Waals surface area contributed by atoms with Gasteiger partial charge in [0.15, 0.2) is 0 Å². The van der Waals surface area contributed by atoms with Gasteiger partial charge in [0.2, 0.25) is 11.5 Å². The number of pyridine rings is 1. The Balaban J connectivity index is 1.68. The average Bonchev–Trinajstić information content (AvgIpc) is 2.60. The van der Waals surface area contributed by atoms with E-state index in [1.807, 2.05) is 36.9 Å². The molecule has 0 saturated carbocycles. The average molecular weight is 356 g/mol. The number of rotatable bonds is 4. The number of hydrogen-bond donors (Lipinski definition) is 2. The maximum atomic E-state index is 12.9. The van der Waals surface area contributed by atoms with Gasteiger partial charge in [-0.3, -0.25) is 19.3 Å². The van der Waals surface area contributed by atoms with Crippen LogP contribution in [0.5, 0.6) is 0 Å². The molecule has 1 aliphatic heterocycles. The van der Waals surface area contributed by atoms with Crippen molar-refractivity contribution in [3.8, 4) is 0 Å². The molecule has 138 valence electrons. The number of benzene rings is 1. The van der Waals surface area contributed by atoms with Gasteiger partial charge in [-0.2, -0.15) is 0 Å². The highest BCUT2D eigenvalue weighted by molar-refractivity contribution is 6.06. The summed E-state index contributed by atoms with van der Waals surface area (Å²) in [6, 6.07) is 8.79. The number of nitrogens with one attached hydrogen (secondary N) is 2. The van der Waals surface area contributed by atoms with E-state index in [1.165, 1.54) is 6.07 Å². The fourth-order valence-electron chi connectivity index (χ4n) is 3.23. The van der Waals surface area contributed by atoms with Crippen molar-refractivity contribution in [3.05, 3.63) is 46.2 Å². The van der Waals surface area contributed by atoms with Gasteiger partial charge in [-0.1, -0.05) is 18.2 Å². The van der Waals surface area contributed by atoms with Crippen molar-refractivity contribution in [3.63, 3.8) is 0 Å². The van der Waals surface area contributed by atoms with Crippen LogP contribution in [0.3, 0.4) is 0 Å². The molecule has 0 aliphatic carbocycles. The number of para-hydroxylation sites is 1. The maximum Gasteiger partial charge on any atom is 0.254 e. The third-order valence-corrected chi connectivity index (χ3v) is 4.46. The van der Waals surface area contributed by atoms with Crippen molar-refractivity contribution in [2.45, 2.75) is 19.9 Å². The molecule has 3 rings (SSSR count). The molecule has 0 unspecified atom stereocenters. The van der Waals surface area contributed by atoms with E-state index in [4.69, 9.17) is 0 Å². The zero-order chi connectivity index (χ0) is 18.7. The first-order valence-electron chi connectivity index (χ1n) is 8.87. The van der Waals surface area contributed by atoms with Crippen LogP contribution in [-0.4, -0.2) is 65.4 Å². The number of amides is 2. The van der Waals surface area contributed by atoms with E-state index in [0.717, 1.165) is 5.39 Å². The Kier molecular flexibility index (Phi) is 5.37. The number of H-pyrrole nitrogens is 1. The van der Waals surface area contributed by atoms with Gasteiger partial charge in [0, 0.05) is 49.2 Å². The number of hydrogen-bond acceptors (Lipinski definition) is 4. The third-order valence-electron chi connectivity index (χ3n) is 4.46. The van der Waals surface area contributed by atoms with Crippen molar-refractivity contribution in [1.82, 2.24) is 20.1 Å². The second-order valence-corrected chi connectivity index (χ2v) is 6.88. The summed E-state index contributed by atoms with van der Waals surface area (Å²) in [5.41, 5.74) is 0.804. The first-order valence-corrected chi connectivity index (χ1v) is 8.87. The van der Waals surface area contributed by atoms with Crippen LogP contribution in [0.15, 0.2) is 35.1 Å². The van der Waals surface area contributed by atoms with Crippen LogP contribution in [0.25, 0.3) is 10.9 Å². The lowest BCUT2D eigenvalue weighted by atomic mass is 10.1.